The molecule has 0 heterocycles. The Morgan fingerprint density at radius 2 is 1.46 bits per heavy atom. The number of ether oxygens (including phenoxy) is 3. The summed E-state index contributed by atoms with van der Waals surface area (Å²) in [6, 6.07) is 5.36. The number of carbonyl (C=O) groups excluding carboxylic acids is 2. The number of benzene rings is 1. The molecule has 0 bridgehead atoms. The number of carbonyl (C=O) groups is 2. The molecule has 6 heteroatoms. The van der Waals surface area contributed by atoms with Crippen LogP contribution in [0.3, 0.4) is 0 Å². The van der Waals surface area contributed by atoms with Crippen molar-refractivity contribution in [2.75, 3.05) is 26.9 Å². The van der Waals surface area contributed by atoms with Crippen molar-refractivity contribution in [1.29, 1.82) is 0 Å². The average molecular weight is 394 g/mol. The lowest BCUT2D eigenvalue weighted by Gasteiger charge is -2.12. The van der Waals surface area contributed by atoms with Gasteiger partial charge >= 0.3 is 5.97 Å². The van der Waals surface area contributed by atoms with Crippen molar-refractivity contribution in [3.8, 4) is 11.5 Å². The fourth-order valence-corrected chi connectivity index (χ4v) is 2.52. The number of methoxy groups -OCH3 is 1. The molecular weight excluding hydrogens is 358 g/mol. The second kappa shape index (κ2) is 14.8. The largest absolute Gasteiger partial charge is 0.493 e. The quantitative estimate of drug-likeness (QED) is 0.351. The van der Waals surface area contributed by atoms with Crippen LogP contribution in [-0.2, 0) is 9.53 Å². The van der Waals surface area contributed by atoms with Crippen LogP contribution in [0.1, 0.15) is 75.6 Å². The first-order valence-electron chi connectivity index (χ1n) is 10.4. The zero-order valence-corrected chi connectivity index (χ0v) is 17.6. The van der Waals surface area contributed by atoms with E-state index in [-0.39, 0.29) is 11.9 Å². The van der Waals surface area contributed by atoms with Crippen molar-refractivity contribution in [3.05, 3.63) is 23.8 Å². The van der Waals surface area contributed by atoms with E-state index in [4.69, 9.17) is 9.47 Å². The number of esters is 1. The lowest BCUT2D eigenvalue weighted by molar-refractivity contribution is -0.140. The van der Waals surface area contributed by atoms with E-state index >= 15 is 0 Å². The van der Waals surface area contributed by atoms with Crippen LogP contribution in [0, 0.1) is 0 Å². The minimum Gasteiger partial charge on any atom is -0.493 e. The van der Waals surface area contributed by atoms with Crippen molar-refractivity contribution in [2.24, 2.45) is 0 Å². The summed E-state index contributed by atoms with van der Waals surface area (Å²) in [6.45, 7) is 6.02. The highest BCUT2D eigenvalue weighted by Gasteiger charge is 2.10. The van der Waals surface area contributed by atoms with Crippen molar-refractivity contribution in [1.82, 2.24) is 5.32 Å². The number of nitrogens with one attached hydrogen (secondary N) is 1. The van der Waals surface area contributed by atoms with Crippen LogP contribution in [0.4, 0.5) is 0 Å². The summed E-state index contributed by atoms with van der Waals surface area (Å²) in [5.41, 5.74) is 0.537. The molecule has 0 saturated heterocycles. The molecule has 0 aromatic heterocycles. The molecule has 0 radical (unpaired) electrons. The first-order valence-corrected chi connectivity index (χ1v) is 10.4. The van der Waals surface area contributed by atoms with E-state index in [1.807, 2.05) is 6.07 Å². The van der Waals surface area contributed by atoms with Crippen LogP contribution in [0.25, 0.3) is 0 Å². The fourth-order valence-electron chi connectivity index (χ4n) is 2.52. The minimum absolute atomic E-state index is 0.144. The minimum atomic E-state index is -0.195. The second-order valence-corrected chi connectivity index (χ2v) is 6.74. The maximum absolute atomic E-state index is 12.5. The Labute approximate surface area is 168 Å². The van der Waals surface area contributed by atoms with Crippen LogP contribution < -0.4 is 14.8 Å². The Balaban J connectivity index is 2.56. The Morgan fingerprint density at radius 3 is 2.00 bits per heavy atom. The predicted molar refractivity (Wildman–Crippen MR) is 110 cm³/mol. The van der Waals surface area contributed by atoms with Gasteiger partial charge in [0.1, 0.15) is 11.5 Å². The van der Waals surface area contributed by atoms with Crippen LogP contribution in [-0.4, -0.2) is 38.7 Å². The van der Waals surface area contributed by atoms with Gasteiger partial charge in [-0.05, 0) is 37.8 Å². The molecule has 6 nitrogen and oxygen atoms in total. The van der Waals surface area contributed by atoms with Crippen molar-refractivity contribution < 1.29 is 23.8 Å². The molecule has 0 unspecified atom stereocenters. The van der Waals surface area contributed by atoms with Crippen LogP contribution >= 0.6 is 0 Å². The highest BCUT2D eigenvalue weighted by molar-refractivity contribution is 5.95. The monoisotopic (exact) mass is 393 g/mol. The third-order valence-corrected chi connectivity index (χ3v) is 4.25. The van der Waals surface area contributed by atoms with Crippen molar-refractivity contribution in [2.45, 2.75) is 65.2 Å². The Bertz CT molecular complexity index is 560. The SMILES string of the molecule is CCCCOc1cc(OCCCC)cc(C(=O)NCCCCCC(=O)OC)c1. The topological polar surface area (TPSA) is 73.9 Å². The molecule has 0 atom stereocenters. The highest BCUT2D eigenvalue weighted by atomic mass is 16.5. The van der Waals surface area contributed by atoms with Crippen LogP contribution in [0.5, 0.6) is 11.5 Å². The van der Waals surface area contributed by atoms with Gasteiger partial charge in [-0.15, -0.1) is 0 Å². The number of hydrogen-bond donors (Lipinski definition) is 1. The molecule has 0 aliphatic carbocycles. The van der Waals surface area contributed by atoms with E-state index in [1.165, 1.54) is 7.11 Å². The molecule has 1 amide bonds. The van der Waals surface area contributed by atoms with E-state index in [2.05, 4.69) is 23.9 Å². The Kier molecular flexibility index (Phi) is 12.6. The van der Waals surface area contributed by atoms with E-state index in [9.17, 15) is 9.59 Å². The van der Waals surface area contributed by atoms with Gasteiger partial charge in [-0.1, -0.05) is 33.1 Å². The number of amides is 1. The van der Waals surface area contributed by atoms with Crippen molar-refractivity contribution in [3.63, 3.8) is 0 Å². The molecule has 1 N–H and O–H groups in total. The summed E-state index contributed by atoms with van der Waals surface area (Å²) < 4.78 is 16.2. The predicted octanol–water partition coefficient (Wildman–Crippen LogP) is 4.51. The number of unbranched alkanes of at least 4 members (excludes halogenated alkanes) is 4. The fraction of sp³-hybridized carbons (Fsp3) is 0.636. The first kappa shape index (κ1) is 23.8. The maximum Gasteiger partial charge on any atom is 0.305 e. The smallest absolute Gasteiger partial charge is 0.305 e. The lowest BCUT2D eigenvalue weighted by atomic mass is 10.1. The molecule has 28 heavy (non-hydrogen) atoms. The molecule has 0 aliphatic heterocycles. The normalized spacial score (nSPS) is 10.4. The van der Waals surface area contributed by atoms with E-state index in [0.29, 0.717) is 43.2 Å². The van der Waals surface area contributed by atoms with Crippen LogP contribution in [0.2, 0.25) is 0 Å². The van der Waals surface area contributed by atoms with Gasteiger partial charge in [0, 0.05) is 24.6 Å². The third kappa shape index (κ3) is 10.2. The molecule has 158 valence electrons. The number of rotatable bonds is 15. The Hall–Kier alpha value is -2.24. The van der Waals surface area contributed by atoms with Gasteiger partial charge in [0.2, 0.25) is 0 Å². The molecule has 0 fully saturated rings. The van der Waals surface area contributed by atoms with E-state index in [0.717, 1.165) is 44.9 Å². The average Bonchev–Trinajstić information content (AvgIpc) is 2.70. The van der Waals surface area contributed by atoms with Crippen LogP contribution in [0.15, 0.2) is 18.2 Å². The number of hydrogen-bond acceptors (Lipinski definition) is 5. The summed E-state index contributed by atoms with van der Waals surface area (Å²) in [7, 11) is 1.39. The highest BCUT2D eigenvalue weighted by Crippen LogP contribution is 2.24. The van der Waals surface area contributed by atoms with Gasteiger partial charge in [0.25, 0.3) is 5.91 Å². The summed E-state index contributed by atoms with van der Waals surface area (Å²) in [5.74, 6) is 0.977. The van der Waals surface area contributed by atoms with Gasteiger partial charge in [-0.25, -0.2) is 0 Å². The van der Waals surface area contributed by atoms with Gasteiger partial charge in [-0.2, -0.15) is 0 Å². The Morgan fingerprint density at radius 1 is 0.857 bits per heavy atom. The van der Waals surface area contributed by atoms with E-state index in [1.54, 1.807) is 12.1 Å². The van der Waals surface area contributed by atoms with Gasteiger partial charge in [-0.3, -0.25) is 9.59 Å². The lowest BCUT2D eigenvalue weighted by Crippen LogP contribution is -2.24. The van der Waals surface area contributed by atoms with Crippen molar-refractivity contribution >= 4 is 11.9 Å². The molecule has 1 aromatic carbocycles. The van der Waals surface area contributed by atoms with E-state index < -0.39 is 0 Å². The maximum atomic E-state index is 12.5. The third-order valence-electron chi connectivity index (χ3n) is 4.25. The second-order valence-electron chi connectivity index (χ2n) is 6.74. The standard InChI is InChI=1S/C22H35NO5/c1-4-6-13-27-19-15-18(16-20(17-19)28-14-7-5-2)22(25)23-12-10-8-9-11-21(24)26-3/h15-17H,4-14H2,1-3H3,(H,23,25). The molecule has 1 aromatic rings. The molecule has 1 rings (SSSR count). The van der Waals surface area contributed by atoms with Gasteiger partial charge in [0.15, 0.2) is 0 Å². The zero-order chi connectivity index (χ0) is 20.6. The molecular formula is C22H35NO5. The van der Waals surface area contributed by atoms with Gasteiger partial charge < -0.3 is 19.5 Å². The summed E-state index contributed by atoms with van der Waals surface area (Å²) in [6.07, 6.45) is 6.89. The molecule has 0 aliphatic rings. The summed E-state index contributed by atoms with van der Waals surface area (Å²) >= 11 is 0. The summed E-state index contributed by atoms with van der Waals surface area (Å²) in [4.78, 5) is 23.6. The molecule has 0 saturated carbocycles. The molecule has 0 spiro atoms. The zero-order valence-electron chi connectivity index (χ0n) is 17.6. The summed E-state index contributed by atoms with van der Waals surface area (Å²) in [5, 5.41) is 2.92. The first-order chi connectivity index (χ1) is 13.6. The van der Waals surface area contributed by atoms with Gasteiger partial charge in [0.05, 0.1) is 20.3 Å².